The van der Waals surface area contributed by atoms with E-state index in [0.717, 1.165) is 30.6 Å². The van der Waals surface area contributed by atoms with Gasteiger partial charge in [-0.05, 0) is 75.4 Å². The maximum Gasteiger partial charge on any atom is 0.180 e. The van der Waals surface area contributed by atoms with Crippen LogP contribution in [-0.2, 0) is 13.2 Å². The molecule has 0 amide bonds. The van der Waals surface area contributed by atoms with E-state index in [2.05, 4.69) is 11.4 Å². The molecular weight excluding hydrogens is 441 g/mol. The maximum atomic E-state index is 6.54. The minimum atomic E-state index is 0.280. The SMILES string of the molecule is CCOc1cc(CNCCC2=CCCCC2)cc(Cl)c1OCc1ccc(Cl)cc1Cl. The molecule has 0 bridgehead atoms. The lowest BCUT2D eigenvalue weighted by Gasteiger charge is -2.16. The Hall–Kier alpha value is -1.39. The van der Waals surface area contributed by atoms with Gasteiger partial charge in [-0.15, -0.1) is 0 Å². The van der Waals surface area contributed by atoms with Crippen molar-refractivity contribution in [2.24, 2.45) is 0 Å². The highest BCUT2D eigenvalue weighted by atomic mass is 35.5. The minimum Gasteiger partial charge on any atom is -0.490 e. The average molecular weight is 469 g/mol. The molecule has 0 atom stereocenters. The predicted octanol–water partition coefficient (Wildman–Crippen LogP) is 7.60. The standard InChI is InChI=1S/C24H28Cl3NO2/c1-2-29-23-13-18(15-28-11-10-17-6-4-3-5-7-17)12-22(27)24(23)30-16-19-8-9-20(25)14-21(19)26/h6,8-9,12-14,28H,2-5,7,10-11,15-16H2,1H3. The topological polar surface area (TPSA) is 30.5 Å². The molecule has 30 heavy (non-hydrogen) atoms. The molecule has 2 aromatic carbocycles. The zero-order chi connectivity index (χ0) is 21.3. The van der Waals surface area contributed by atoms with E-state index < -0.39 is 0 Å². The van der Waals surface area contributed by atoms with Gasteiger partial charge in [0.1, 0.15) is 6.61 Å². The highest BCUT2D eigenvalue weighted by Crippen LogP contribution is 2.37. The number of ether oxygens (including phenoxy) is 2. The van der Waals surface area contributed by atoms with Gasteiger partial charge in [0, 0.05) is 22.2 Å². The zero-order valence-corrected chi connectivity index (χ0v) is 19.5. The Labute approximate surface area is 194 Å². The van der Waals surface area contributed by atoms with Crippen LogP contribution in [-0.4, -0.2) is 13.2 Å². The van der Waals surface area contributed by atoms with Crippen molar-refractivity contribution in [3.05, 3.63) is 68.2 Å². The molecule has 0 radical (unpaired) electrons. The smallest absolute Gasteiger partial charge is 0.180 e. The van der Waals surface area contributed by atoms with E-state index in [0.29, 0.717) is 33.2 Å². The van der Waals surface area contributed by atoms with Gasteiger partial charge in [0.15, 0.2) is 11.5 Å². The summed E-state index contributed by atoms with van der Waals surface area (Å²) in [6, 6.07) is 9.25. The number of hydrogen-bond donors (Lipinski definition) is 1. The van der Waals surface area contributed by atoms with Crippen LogP contribution in [0.4, 0.5) is 0 Å². The monoisotopic (exact) mass is 467 g/mol. The van der Waals surface area contributed by atoms with Crippen molar-refractivity contribution >= 4 is 34.8 Å². The Kier molecular flexibility index (Phi) is 9.20. The van der Waals surface area contributed by atoms with E-state index in [1.54, 1.807) is 17.7 Å². The van der Waals surface area contributed by atoms with Crippen LogP contribution in [0.15, 0.2) is 42.0 Å². The lowest BCUT2D eigenvalue weighted by molar-refractivity contribution is 0.269. The molecule has 162 valence electrons. The molecule has 1 aliphatic carbocycles. The van der Waals surface area contributed by atoms with Crippen LogP contribution in [0.3, 0.4) is 0 Å². The first-order valence-electron chi connectivity index (χ1n) is 10.5. The molecule has 1 aliphatic rings. The second-order valence-corrected chi connectivity index (χ2v) is 8.65. The normalized spacial score (nSPS) is 13.8. The Morgan fingerprint density at radius 3 is 2.60 bits per heavy atom. The molecule has 0 fully saturated rings. The predicted molar refractivity (Wildman–Crippen MR) is 126 cm³/mol. The van der Waals surface area contributed by atoms with Crippen LogP contribution < -0.4 is 14.8 Å². The highest BCUT2D eigenvalue weighted by molar-refractivity contribution is 6.35. The average Bonchev–Trinajstić information content (AvgIpc) is 2.73. The van der Waals surface area contributed by atoms with Gasteiger partial charge in [-0.1, -0.05) is 52.5 Å². The number of halogens is 3. The molecule has 1 N–H and O–H groups in total. The fraction of sp³-hybridized carbons (Fsp3) is 0.417. The summed E-state index contributed by atoms with van der Waals surface area (Å²) in [6.07, 6.45) is 8.62. The number of hydrogen-bond acceptors (Lipinski definition) is 3. The summed E-state index contributed by atoms with van der Waals surface area (Å²) < 4.78 is 11.8. The number of rotatable bonds is 10. The van der Waals surface area contributed by atoms with Crippen molar-refractivity contribution in [2.45, 2.75) is 52.2 Å². The second kappa shape index (κ2) is 11.9. The molecule has 0 spiro atoms. The first-order valence-corrected chi connectivity index (χ1v) is 11.6. The molecule has 0 saturated carbocycles. The van der Waals surface area contributed by atoms with Gasteiger partial charge < -0.3 is 14.8 Å². The van der Waals surface area contributed by atoms with Crippen LogP contribution in [0.1, 0.15) is 50.2 Å². The summed E-state index contributed by atoms with van der Waals surface area (Å²) in [4.78, 5) is 0. The molecule has 3 nitrogen and oxygen atoms in total. The summed E-state index contributed by atoms with van der Waals surface area (Å²) in [6.45, 7) is 4.44. The third-order valence-corrected chi connectivity index (χ3v) is 5.96. The van der Waals surface area contributed by atoms with E-state index in [1.165, 1.54) is 25.7 Å². The van der Waals surface area contributed by atoms with Gasteiger partial charge in [-0.2, -0.15) is 0 Å². The van der Waals surface area contributed by atoms with Crippen LogP contribution in [0.5, 0.6) is 11.5 Å². The number of allylic oxidation sites excluding steroid dienone is 1. The Balaban J connectivity index is 1.62. The van der Waals surface area contributed by atoms with E-state index in [4.69, 9.17) is 44.3 Å². The molecule has 6 heteroatoms. The van der Waals surface area contributed by atoms with Gasteiger partial charge in [0.05, 0.1) is 11.6 Å². The van der Waals surface area contributed by atoms with Crippen LogP contribution in [0.25, 0.3) is 0 Å². The second-order valence-electron chi connectivity index (χ2n) is 7.40. The van der Waals surface area contributed by atoms with Gasteiger partial charge in [0.2, 0.25) is 0 Å². The molecule has 0 saturated heterocycles. The zero-order valence-electron chi connectivity index (χ0n) is 17.3. The maximum absolute atomic E-state index is 6.54. The van der Waals surface area contributed by atoms with Crippen LogP contribution in [0, 0.1) is 0 Å². The molecule has 0 aromatic heterocycles. The fourth-order valence-electron chi connectivity index (χ4n) is 3.53. The van der Waals surface area contributed by atoms with E-state index in [-0.39, 0.29) is 6.61 Å². The van der Waals surface area contributed by atoms with E-state index in [9.17, 15) is 0 Å². The van der Waals surface area contributed by atoms with Crippen molar-refractivity contribution in [3.63, 3.8) is 0 Å². The summed E-state index contributed by atoms with van der Waals surface area (Å²) in [5.74, 6) is 1.17. The first kappa shape index (κ1) is 23.3. The van der Waals surface area contributed by atoms with E-state index >= 15 is 0 Å². The highest BCUT2D eigenvalue weighted by Gasteiger charge is 2.14. The first-order chi connectivity index (χ1) is 14.6. The van der Waals surface area contributed by atoms with Gasteiger partial charge in [-0.25, -0.2) is 0 Å². The van der Waals surface area contributed by atoms with E-state index in [1.807, 2.05) is 25.1 Å². The number of benzene rings is 2. The molecule has 0 heterocycles. The summed E-state index contributed by atoms with van der Waals surface area (Å²) in [5.41, 5.74) is 3.48. The molecule has 0 unspecified atom stereocenters. The molecule has 0 aliphatic heterocycles. The quantitative estimate of drug-likeness (QED) is 0.287. The van der Waals surface area contributed by atoms with Crippen LogP contribution in [0.2, 0.25) is 15.1 Å². The van der Waals surface area contributed by atoms with Gasteiger partial charge in [0.25, 0.3) is 0 Å². The Morgan fingerprint density at radius 2 is 1.87 bits per heavy atom. The van der Waals surface area contributed by atoms with Crippen LogP contribution >= 0.6 is 34.8 Å². The lowest BCUT2D eigenvalue weighted by atomic mass is 9.97. The van der Waals surface area contributed by atoms with Gasteiger partial charge in [-0.3, -0.25) is 0 Å². The van der Waals surface area contributed by atoms with Crippen molar-refractivity contribution < 1.29 is 9.47 Å². The van der Waals surface area contributed by atoms with Crippen molar-refractivity contribution in [1.29, 1.82) is 0 Å². The Morgan fingerprint density at radius 1 is 1.00 bits per heavy atom. The lowest BCUT2D eigenvalue weighted by Crippen LogP contribution is -2.16. The third kappa shape index (κ3) is 6.81. The van der Waals surface area contributed by atoms with Crippen molar-refractivity contribution in [3.8, 4) is 11.5 Å². The third-order valence-electron chi connectivity index (χ3n) is 5.09. The summed E-state index contributed by atoms with van der Waals surface area (Å²) >= 11 is 18.8. The molecular formula is C24H28Cl3NO2. The Bertz CT molecular complexity index is 883. The van der Waals surface area contributed by atoms with Gasteiger partial charge >= 0.3 is 0 Å². The number of nitrogens with one attached hydrogen (secondary N) is 1. The largest absolute Gasteiger partial charge is 0.490 e. The summed E-state index contributed by atoms with van der Waals surface area (Å²) in [7, 11) is 0. The fourth-order valence-corrected chi connectivity index (χ4v) is 4.28. The molecule has 2 aromatic rings. The summed E-state index contributed by atoms with van der Waals surface area (Å²) in [5, 5.41) is 5.19. The van der Waals surface area contributed by atoms with Crippen molar-refractivity contribution in [1.82, 2.24) is 5.32 Å². The minimum absolute atomic E-state index is 0.280. The molecule has 3 rings (SSSR count). The van der Waals surface area contributed by atoms with Crippen molar-refractivity contribution in [2.75, 3.05) is 13.2 Å².